The number of amides is 1. The molecule has 0 saturated heterocycles. The summed E-state index contributed by atoms with van der Waals surface area (Å²) < 4.78 is 38.7. The van der Waals surface area contributed by atoms with Crippen LogP contribution in [0.25, 0.3) is 5.95 Å². The lowest BCUT2D eigenvalue weighted by atomic mass is 10.1. The first-order valence-electron chi connectivity index (χ1n) is 7.70. The molecule has 0 aliphatic heterocycles. The molecule has 0 saturated carbocycles. The first-order chi connectivity index (χ1) is 11.8. The molecule has 0 aliphatic rings. The Balaban J connectivity index is 2.16. The number of aromatic nitrogens is 6. The minimum atomic E-state index is -4.66. The summed E-state index contributed by atoms with van der Waals surface area (Å²) in [5.41, 5.74) is 5.62. The van der Waals surface area contributed by atoms with Gasteiger partial charge in [-0.15, -0.1) is 10.2 Å². The van der Waals surface area contributed by atoms with Gasteiger partial charge in [0.25, 0.3) is 11.9 Å². The van der Waals surface area contributed by atoms with Crippen LogP contribution in [0.2, 0.25) is 0 Å². The number of nitrogens with zero attached hydrogens (tertiary/aromatic N) is 5. The van der Waals surface area contributed by atoms with Gasteiger partial charge < -0.3 is 11.1 Å². The van der Waals surface area contributed by atoms with Crippen LogP contribution in [0.4, 0.5) is 13.2 Å². The van der Waals surface area contributed by atoms with E-state index >= 15 is 0 Å². The third kappa shape index (κ3) is 4.53. The summed E-state index contributed by atoms with van der Waals surface area (Å²) in [5, 5.41) is 11.8. The fourth-order valence-corrected chi connectivity index (χ4v) is 2.10. The van der Waals surface area contributed by atoms with Crippen molar-refractivity contribution in [2.75, 3.05) is 6.54 Å². The third-order valence-electron chi connectivity index (χ3n) is 3.43. The predicted octanol–water partition coefficient (Wildman–Crippen LogP) is 0.960. The molecular weight excluding hydrogens is 341 g/mol. The number of hydrogen-bond acceptors (Lipinski definition) is 6. The van der Waals surface area contributed by atoms with Crippen LogP contribution in [-0.2, 0) is 6.18 Å². The average Bonchev–Trinajstić information content (AvgIpc) is 3.17. The van der Waals surface area contributed by atoms with Crippen molar-refractivity contribution in [2.45, 2.75) is 45.3 Å². The van der Waals surface area contributed by atoms with Crippen LogP contribution in [-0.4, -0.2) is 48.4 Å². The van der Waals surface area contributed by atoms with Gasteiger partial charge in [-0.2, -0.15) is 22.8 Å². The van der Waals surface area contributed by atoms with Crippen LogP contribution in [0.1, 0.15) is 48.5 Å². The van der Waals surface area contributed by atoms with Gasteiger partial charge in [0.1, 0.15) is 5.82 Å². The maximum atomic E-state index is 12.6. The smallest absolute Gasteiger partial charge is 0.345 e. The monoisotopic (exact) mass is 360 g/mol. The number of aryl methyl sites for hydroxylation is 1. The van der Waals surface area contributed by atoms with Crippen LogP contribution in [0.3, 0.4) is 0 Å². The fourth-order valence-electron chi connectivity index (χ4n) is 2.10. The van der Waals surface area contributed by atoms with Gasteiger partial charge in [-0.25, -0.2) is 4.98 Å². The summed E-state index contributed by atoms with van der Waals surface area (Å²) in [6.07, 6.45) is -2.08. The topological polar surface area (TPSA) is 127 Å². The number of nitrogens with one attached hydrogen (secondary N) is 2. The molecule has 1 unspecified atom stereocenters. The number of alkyl halides is 3. The van der Waals surface area contributed by atoms with Crippen LogP contribution >= 0.6 is 0 Å². The number of rotatable bonds is 7. The molecule has 0 bridgehead atoms. The zero-order chi connectivity index (χ0) is 18.6. The fraction of sp³-hybridized carbons (Fsp3) is 0.615. The third-order valence-corrected chi connectivity index (χ3v) is 3.43. The number of nitrogens with two attached hydrogens (primary N) is 1. The molecule has 2 rings (SSSR count). The Morgan fingerprint density at radius 3 is 2.68 bits per heavy atom. The highest BCUT2D eigenvalue weighted by Gasteiger charge is 2.35. The molecule has 0 aliphatic carbocycles. The Morgan fingerprint density at radius 1 is 1.40 bits per heavy atom. The lowest BCUT2D eigenvalue weighted by Gasteiger charge is -2.14. The van der Waals surface area contributed by atoms with E-state index in [1.165, 1.54) is 6.92 Å². The van der Waals surface area contributed by atoms with Crippen LogP contribution in [0.15, 0.2) is 0 Å². The van der Waals surface area contributed by atoms with Gasteiger partial charge in [-0.05, 0) is 13.3 Å². The lowest BCUT2D eigenvalue weighted by Crippen LogP contribution is -2.40. The van der Waals surface area contributed by atoms with E-state index in [0.717, 1.165) is 17.5 Å². The molecule has 2 aromatic rings. The number of hydrogen-bond donors (Lipinski definition) is 3. The van der Waals surface area contributed by atoms with E-state index in [2.05, 4.69) is 25.5 Å². The van der Waals surface area contributed by atoms with Crippen molar-refractivity contribution < 1.29 is 18.0 Å². The van der Waals surface area contributed by atoms with E-state index in [-0.39, 0.29) is 30.2 Å². The molecule has 0 spiro atoms. The molecule has 9 nitrogen and oxygen atoms in total. The van der Waals surface area contributed by atoms with E-state index in [0.29, 0.717) is 6.42 Å². The minimum Gasteiger partial charge on any atom is -0.345 e. The summed E-state index contributed by atoms with van der Waals surface area (Å²) in [5.74, 6) is -2.18. The Morgan fingerprint density at radius 2 is 2.12 bits per heavy atom. The molecular formula is C13H19F3N8O. The summed E-state index contributed by atoms with van der Waals surface area (Å²) in [6, 6.07) is -0.222. The Labute approximate surface area is 141 Å². The van der Waals surface area contributed by atoms with E-state index in [1.807, 2.05) is 6.92 Å². The molecule has 0 radical (unpaired) electrons. The number of carbonyl (C=O) groups excluding carboxylic acids is 1. The quantitative estimate of drug-likeness (QED) is 0.675. The van der Waals surface area contributed by atoms with E-state index in [1.54, 1.807) is 5.10 Å². The zero-order valence-electron chi connectivity index (χ0n) is 13.8. The van der Waals surface area contributed by atoms with Gasteiger partial charge in [0.15, 0.2) is 0 Å². The highest BCUT2D eigenvalue weighted by atomic mass is 19.4. The van der Waals surface area contributed by atoms with Crippen molar-refractivity contribution in [3.8, 4) is 5.95 Å². The summed E-state index contributed by atoms with van der Waals surface area (Å²) in [6.45, 7) is 3.76. The average molecular weight is 360 g/mol. The second kappa shape index (κ2) is 7.59. The van der Waals surface area contributed by atoms with Crippen molar-refractivity contribution in [1.82, 2.24) is 35.3 Å². The molecule has 1 amide bonds. The number of aromatic amines is 1. The van der Waals surface area contributed by atoms with Gasteiger partial charge in [0.2, 0.25) is 11.6 Å². The molecule has 12 heteroatoms. The van der Waals surface area contributed by atoms with Gasteiger partial charge in [0.05, 0.1) is 0 Å². The van der Waals surface area contributed by atoms with E-state index in [4.69, 9.17) is 5.73 Å². The number of H-pyrrole nitrogens is 1. The molecule has 25 heavy (non-hydrogen) atoms. The highest BCUT2D eigenvalue weighted by Crippen LogP contribution is 2.26. The van der Waals surface area contributed by atoms with Gasteiger partial charge in [-0.1, -0.05) is 19.8 Å². The van der Waals surface area contributed by atoms with Crippen LogP contribution < -0.4 is 11.1 Å². The summed E-state index contributed by atoms with van der Waals surface area (Å²) in [4.78, 5) is 19.5. The van der Waals surface area contributed by atoms with Crippen LogP contribution in [0.5, 0.6) is 0 Å². The number of unbranched alkanes of at least 4 members (excludes halogenated alkanes) is 1. The normalized spacial score (nSPS) is 13.0. The Kier molecular flexibility index (Phi) is 5.72. The number of carbonyl (C=O) groups is 1. The van der Waals surface area contributed by atoms with Gasteiger partial charge in [-0.3, -0.25) is 9.89 Å². The van der Waals surface area contributed by atoms with Gasteiger partial charge >= 0.3 is 6.18 Å². The lowest BCUT2D eigenvalue weighted by molar-refractivity contribution is -0.144. The van der Waals surface area contributed by atoms with Crippen molar-refractivity contribution in [3.05, 3.63) is 17.5 Å². The largest absolute Gasteiger partial charge is 0.451 e. The van der Waals surface area contributed by atoms with E-state index < -0.39 is 17.9 Å². The van der Waals surface area contributed by atoms with Crippen molar-refractivity contribution in [2.24, 2.45) is 5.73 Å². The van der Waals surface area contributed by atoms with Crippen molar-refractivity contribution in [3.63, 3.8) is 0 Å². The summed E-state index contributed by atoms with van der Waals surface area (Å²) >= 11 is 0. The first-order valence-corrected chi connectivity index (χ1v) is 7.70. The highest BCUT2D eigenvalue weighted by molar-refractivity contribution is 5.90. The molecule has 4 N–H and O–H groups in total. The van der Waals surface area contributed by atoms with E-state index in [9.17, 15) is 18.0 Å². The predicted molar refractivity (Wildman–Crippen MR) is 80.9 cm³/mol. The standard InChI is InChI=1S/C13H19F3N8O/c1-3-4-5-8(6-17)19-10(25)9-18-7(2)24(23-9)12-20-11(21-22-12)13(14,15)16/h8H,3-6,17H2,1-2H3,(H,19,25)(H,20,21,22). The maximum Gasteiger partial charge on any atom is 0.451 e. The SMILES string of the molecule is CCCCC(CN)NC(=O)c1nc(C)n(-c2n[nH]c(C(F)(F)F)n2)n1. The van der Waals surface area contributed by atoms with Crippen molar-refractivity contribution >= 4 is 5.91 Å². The molecule has 0 fully saturated rings. The second-order valence-corrected chi connectivity index (χ2v) is 5.42. The van der Waals surface area contributed by atoms with Crippen molar-refractivity contribution in [1.29, 1.82) is 0 Å². The van der Waals surface area contributed by atoms with Crippen LogP contribution in [0, 0.1) is 6.92 Å². The first kappa shape index (κ1) is 18.8. The molecule has 0 aromatic carbocycles. The Hall–Kier alpha value is -2.50. The minimum absolute atomic E-state index is 0.177. The summed E-state index contributed by atoms with van der Waals surface area (Å²) in [7, 11) is 0. The number of halogens is 3. The second-order valence-electron chi connectivity index (χ2n) is 5.42. The van der Waals surface area contributed by atoms with Gasteiger partial charge in [0, 0.05) is 12.6 Å². The molecule has 2 heterocycles. The molecule has 2 aromatic heterocycles. The Bertz CT molecular complexity index is 723. The zero-order valence-corrected chi connectivity index (χ0v) is 13.8. The molecule has 138 valence electrons. The maximum absolute atomic E-state index is 12.6. The molecule has 1 atom stereocenters.